The van der Waals surface area contributed by atoms with Gasteiger partial charge in [0, 0.05) is 43.1 Å². The van der Waals surface area contributed by atoms with Crippen LogP contribution in [0.2, 0.25) is 0 Å². The lowest BCUT2D eigenvalue weighted by atomic mass is 9.94. The molecule has 22 heavy (non-hydrogen) atoms. The van der Waals surface area contributed by atoms with Crippen LogP contribution in [0.1, 0.15) is 5.56 Å². The SMILES string of the molecule is CN1CCN(c2ccc3c(c2)NC(=O)C3(O)C(F)(F)F)CC1. The minimum Gasteiger partial charge on any atom is -0.369 e. The summed E-state index contributed by atoms with van der Waals surface area (Å²) in [5, 5.41) is 12.0. The highest BCUT2D eigenvalue weighted by atomic mass is 19.4. The van der Waals surface area contributed by atoms with Crippen molar-refractivity contribution in [1.29, 1.82) is 0 Å². The Morgan fingerprint density at radius 3 is 2.45 bits per heavy atom. The summed E-state index contributed by atoms with van der Waals surface area (Å²) >= 11 is 0. The van der Waals surface area contributed by atoms with Crippen LogP contribution in [0.15, 0.2) is 18.2 Å². The molecule has 2 N–H and O–H groups in total. The van der Waals surface area contributed by atoms with E-state index in [0.717, 1.165) is 31.9 Å². The predicted octanol–water partition coefficient (Wildman–Crippen LogP) is 1.14. The number of carbonyl (C=O) groups excluding carboxylic acids is 1. The average molecular weight is 315 g/mol. The van der Waals surface area contributed by atoms with E-state index in [4.69, 9.17) is 0 Å². The fraction of sp³-hybridized carbons (Fsp3) is 0.500. The van der Waals surface area contributed by atoms with Crippen LogP contribution < -0.4 is 10.2 Å². The van der Waals surface area contributed by atoms with Crippen LogP contribution in [0.25, 0.3) is 0 Å². The highest BCUT2D eigenvalue weighted by Crippen LogP contribution is 2.47. The van der Waals surface area contributed by atoms with Gasteiger partial charge in [-0.1, -0.05) is 6.07 Å². The number of hydrogen-bond donors (Lipinski definition) is 2. The third kappa shape index (κ3) is 2.14. The Balaban J connectivity index is 1.94. The van der Waals surface area contributed by atoms with Gasteiger partial charge in [-0.3, -0.25) is 4.79 Å². The van der Waals surface area contributed by atoms with E-state index in [1.165, 1.54) is 18.2 Å². The Morgan fingerprint density at radius 1 is 1.23 bits per heavy atom. The van der Waals surface area contributed by atoms with Crippen molar-refractivity contribution in [2.75, 3.05) is 43.4 Å². The number of benzene rings is 1. The first-order valence-corrected chi connectivity index (χ1v) is 6.92. The van der Waals surface area contributed by atoms with Crippen molar-refractivity contribution in [3.8, 4) is 0 Å². The summed E-state index contributed by atoms with van der Waals surface area (Å²) in [6, 6.07) is 4.18. The van der Waals surface area contributed by atoms with Crippen LogP contribution in [0.4, 0.5) is 24.5 Å². The van der Waals surface area contributed by atoms with Gasteiger partial charge in [0.2, 0.25) is 0 Å². The maximum absolute atomic E-state index is 13.0. The molecule has 8 heteroatoms. The largest absolute Gasteiger partial charge is 0.430 e. The topological polar surface area (TPSA) is 55.8 Å². The summed E-state index contributed by atoms with van der Waals surface area (Å²) in [6.07, 6.45) is -5.06. The minimum absolute atomic E-state index is 0.0150. The first-order valence-electron chi connectivity index (χ1n) is 6.92. The van der Waals surface area contributed by atoms with Crippen LogP contribution >= 0.6 is 0 Å². The number of rotatable bonds is 1. The molecule has 1 amide bonds. The van der Waals surface area contributed by atoms with E-state index in [1.54, 1.807) is 0 Å². The van der Waals surface area contributed by atoms with Crippen molar-refractivity contribution >= 4 is 17.3 Å². The highest BCUT2D eigenvalue weighted by Gasteiger charge is 2.64. The zero-order chi connectivity index (χ0) is 16.1. The number of nitrogens with one attached hydrogen (secondary N) is 1. The van der Waals surface area contributed by atoms with E-state index in [2.05, 4.69) is 10.2 Å². The van der Waals surface area contributed by atoms with E-state index in [-0.39, 0.29) is 5.69 Å². The van der Waals surface area contributed by atoms with E-state index in [0.29, 0.717) is 0 Å². The second-order valence-electron chi connectivity index (χ2n) is 5.68. The zero-order valence-corrected chi connectivity index (χ0v) is 11.9. The van der Waals surface area contributed by atoms with Crippen molar-refractivity contribution < 1.29 is 23.1 Å². The molecule has 0 bridgehead atoms. The van der Waals surface area contributed by atoms with E-state index in [9.17, 15) is 23.1 Å². The molecule has 0 saturated carbocycles. The van der Waals surface area contributed by atoms with Crippen molar-refractivity contribution in [1.82, 2.24) is 4.90 Å². The molecule has 5 nitrogen and oxygen atoms in total. The summed E-state index contributed by atoms with van der Waals surface area (Å²) in [5.74, 6) is -1.45. The molecule has 2 aliphatic heterocycles. The molecule has 2 aliphatic rings. The number of halogens is 3. The molecular formula is C14H16F3N3O2. The number of hydrogen-bond acceptors (Lipinski definition) is 4. The molecule has 2 heterocycles. The second-order valence-corrected chi connectivity index (χ2v) is 5.68. The lowest BCUT2D eigenvalue weighted by Crippen LogP contribution is -2.47. The van der Waals surface area contributed by atoms with Crippen LogP contribution in [0.5, 0.6) is 0 Å². The Morgan fingerprint density at radius 2 is 1.86 bits per heavy atom. The molecule has 0 aliphatic carbocycles. The highest BCUT2D eigenvalue weighted by molar-refractivity contribution is 6.06. The molecule has 1 unspecified atom stereocenters. The number of piperazine rings is 1. The van der Waals surface area contributed by atoms with Gasteiger partial charge in [0.05, 0.1) is 0 Å². The Bertz CT molecular complexity index is 612. The van der Waals surface area contributed by atoms with Crippen molar-refractivity contribution in [3.05, 3.63) is 23.8 Å². The maximum Gasteiger partial charge on any atom is 0.430 e. The smallest absolute Gasteiger partial charge is 0.369 e. The number of anilines is 2. The van der Waals surface area contributed by atoms with Gasteiger partial charge in [-0.05, 0) is 19.2 Å². The van der Waals surface area contributed by atoms with Gasteiger partial charge in [-0.15, -0.1) is 0 Å². The van der Waals surface area contributed by atoms with Gasteiger partial charge >= 0.3 is 6.18 Å². The van der Waals surface area contributed by atoms with Crippen molar-refractivity contribution in [3.63, 3.8) is 0 Å². The molecule has 1 atom stereocenters. The van der Waals surface area contributed by atoms with E-state index in [1.807, 2.05) is 11.9 Å². The Hall–Kier alpha value is -1.80. The van der Waals surface area contributed by atoms with Gasteiger partial charge < -0.3 is 20.2 Å². The number of aliphatic hydroxyl groups is 1. The first-order chi connectivity index (χ1) is 10.2. The molecule has 1 saturated heterocycles. The van der Waals surface area contributed by atoms with Crippen molar-refractivity contribution in [2.45, 2.75) is 11.8 Å². The summed E-state index contributed by atoms with van der Waals surface area (Å²) < 4.78 is 39.1. The molecular weight excluding hydrogens is 299 g/mol. The summed E-state index contributed by atoms with van der Waals surface area (Å²) in [7, 11) is 2.00. The zero-order valence-electron chi connectivity index (χ0n) is 11.9. The summed E-state index contributed by atoms with van der Waals surface area (Å²) in [5.41, 5.74) is -3.16. The molecule has 1 fully saturated rings. The lowest BCUT2D eigenvalue weighted by Gasteiger charge is -2.34. The normalized spacial score (nSPS) is 26.0. The average Bonchev–Trinajstić information content (AvgIpc) is 2.71. The molecule has 0 spiro atoms. The van der Waals surface area contributed by atoms with Gasteiger partial charge in [-0.2, -0.15) is 13.2 Å². The van der Waals surface area contributed by atoms with Gasteiger partial charge in [0.15, 0.2) is 0 Å². The monoisotopic (exact) mass is 315 g/mol. The predicted molar refractivity (Wildman–Crippen MR) is 74.7 cm³/mol. The number of nitrogens with zero attached hydrogens (tertiary/aromatic N) is 2. The van der Waals surface area contributed by atoms with Crippen LogP contribution in [-0.2, 0) is 10.4 Å². The maximum atomic E-state index is 13.0. The summed E-state index contributed by atoms with van der Waals surface area (Å²) in [4.78, 5) is 15.8. The quantitative estimate of drug-likeness (QED) is 0.816. The Kier molecular flexibility index (Phi) is 3.33. The van der Waals surface area contributed by atoms with Crippen LogP contribution in [-0.4, -0.2) is 55.3 Å². The number of likely N-dealkylation sites (N-methyl/N-ethyl adjacent to an activating group) is 1. The molecule has 120 valence electrons. The van der Waals surface area contributed by atoms with Gasteiger partial charge in [0.1, 0.15) is 0 Å². The number of carbonyl (C=O) groups is 1. The third-order valence-electron chi connectivity index (χ3n) is 4.25. The minimum atomic E-state index is -5.06. The molecule has 3 rings (SSSR count). The molecule has 1 aromatic rings. The summed E-state index contributed by atoms with van der Waals surface area (Å²) in [6.45, 7) is 3.23. The first kappa shape index (κ1) is 15.1. The molecule has 1 aromatic carbocycles. The fourth-order valence-corrected chi connectivity index (χ4v) is 2.83. The van der Waals surface area contributed by atoms with E-state index < -0.39 is 23.2 Å². The lowest BCUT2D eigenvalue weighted by molar-refractivity contribution is -0.252. The third-order valence-corrected chi connectivity index (χ3v) is 4.25. The van der Waals surface area contributed by atoms with Gasteiger partial charge in [-0.25, -0.2) is 0 Å². The number of amides is 1. The van der Waals surface area contributed by atoms with Crippen molar-refractivity contribution in [2.24, 2.45) is 0 Å². The Labute approximate surface area is 125 Å². The number of alkyl halides is 3. The second kappa shape index (κ2) is 4.85. The van der Waals surface area contributed by atoms with Crippen LogP contribution in [0, 0.1) is 0 Å². The van der Waals surface area contributed by atoms with E-state index >= 15 is 0 Å². The fourth-order valence-electron chi connectivity index (χ4n) is 2.83. The van der Waals surface area contributed by atoms with Crippen LogP contribution in [0.3, 0.4) is 0 Å². The number of fused-ring (bicyclic) bond motifs is 1. The standard InChI is InChI=1S/C14H16F3N3O2/c1-19-4-6-20(7-5-19)9-2-3-10-11(8-9)18-12(21)13(10,22)14(15,16)17/h2-3,8,22H,4-7H2,1H3,(H,18,21). The molecule has 0 radical (unpaired) electrons. The van der Waals surface area contributed by atoms with Gasteiger partial charge in [0.25, 0.3) is 11.5 Å². The molecule has 0 aromatic heterocycles.